The van der Waals surface area contributed by atoms with E-state index in [0.717, 1.165) is 0 Å². The highest BCUT2D eigenvalue weighted by Crippen LogP contribution is 2.30. The summed E-state index contributed by atoms with van der Waals surface area (Å²) in [5.74, 6) is 0.154. The zero-order valence-corrected chi connectivity index (χ0v) is 10.5. The van der Waals surface area contributed by atoms with E-state index >= 15 is 0 Å². The number of nitrogens with zero attached hydrogens (tertiary/aromatic N) is 1. The Kier molecular flexibility index (Phi) is 4.65. The van der Waals surface area contributed by atoms with Gasteiger partial charge in [0, 0.05) is 5.92 Å². The van der Waals surface area contributed by atoms with E-state index in [2.05, 4.69) is 0 Å². The molecule has 0 N–H and O–H groups in total. The molecule has 98 valence electrons. The molecule has 1 aromatic rings. The van der Waals surface area contributed by atoms with Gasteiger partial charge in [0.2, 0.25) is 0 Å². The van der Waals surface area contributed by atoms with E-state index in [1.165, 1.54) is 19.2 Å². The lowest BCUT2D eigenvalue weighted by molar-refractivity contribution is -0.385. The molecule has 0 aliphatic carbocycles. The SMILES string of the molecule is COc1ccc(OCC(=O)C(C)C)c([N+](=O)[O-])c1. The number of benzene rings is 1. The molecule has 1 rings (SSSR count). The third-order valence-corrected chi connectivity index (χ3v) is 2.38. The van der Waals surface area contributed by atoms with Crippen molar-refractivity contribution in [3.63, 3.8) is 0 Å². The van der Waals surface area contributed by atoms with Crippen LogP contribution in [0.15, 0.2) is 18.2 Å². The summed E-state index contributed by atoms with van der Waals surface area (Å²) in [5.41, 5.74) is -0.217. The lowest BCUT2D eigenvalue weighted by atomic mass is 10.1. The molecular weight excluding hydrogens is 238 g/mol. The van der Waals surface area contributed by atoms with Crippen molar-refractivity contribution in [1.29, 1.82) is 0 Å². The molecule has 0 unspecified atom stereocenters. The zero-order chi connectivity index (χ0) is 13.7. The maximum Gasteiger partial charge on any atom is 0.314 e. The van der Waals surface area contributed by atoms with Crippen molar-refractivity contribution in [3.8, 4) is 11.5 Å². The number of nitro benzene ring substituents is 1. The maximum atomic E-state index is 11.4. The fraction of sp³-hybridized carbons (Fsp3) is 0.417. The molecule has 0 fully saturated rings. The van der Waals surface area contributed by atoms with Crippen LogP contribution in [0, 0.1) is 16.0 Å². The summed E-state index contributed by atoms with van der Waals surface area (Å²) < 4.78 is 10.1. The van der Waals surface area contributed by atoms with Crippen molar-refractivity contribution in [1.82, 2.24) is 0 Å². The van der Waals surface area contributed by atoms with Gasteiger partial charge in [-0.05, 0) is 12.1 Å². The van der Waals surface area contributed by atoms with Gasteiger partial charge in [-0.25, -0.2) is 0 Å². The highest BCUT2D eigenvalue weighted by Gasteiger charge is 2.18. The summed E-state index contributed by atoms with van der Waals surface area (Å²) >= 11 is 0. The second-order valence-corrected chi connectivity index (χ2v) is 4.00. The van der Waals surface area contributed by atoms with Crippen LogP contribution < -0.4 is 9.47 Å². The average Bonchev–Trinajstić information content (AvgIpc) is 2.35. The van der Waals surface area contributed by atoms with Crippen LogP contribution in [0.4, 0.5) is 5.69 Å². The Bertz CT molecular complexity index is 456. The topological polar surface area (TPSA) is 78.7 Å². The molecule has 0 aliphatic rings. The minimum atomic E-state index is -0.572. The van der Waals surface area contributed by atoms with Gasteiger partial charge in [-0.15, -0.1) is 0 Å². The van der Waals surface area contributed by atoms with Crippen molar-refractivity contribution in [2.45, 2.75) is 13.8 Å². The van der Waals surface area contributed by atoms with E-state index in [4.69, 9.17) is 9.47 Å². The minimum absolute atomic E-state index is 0.0646. The minimum Gasteiger partial charge on any atom is -0.496 e. The number of hydrogen-bond donors (Lipinski definition) is 0. The van der Waals surface area contributed by atoms with E-state index in [-0.39, 0.29) is 29.7 Å². The number of carbonyl (C=O) groups is 1. The molecule has 18 heavy (non-hydrogen) atoms. The summed E-state index contributed by atoms with van der Waals surface area (Å²) in [5, 5.41) is 10.9. The molecule has 6 nitrogen and oxygen atoms in total. The van der Waals surface area contributed by atoms with Crippen LogP contribution in [0.25, 0.3) is 0 Å². The Morgan fingerprint density at radius 3 is 2.61 bits per heavy atom. The van der Waals surface area contributed by atoms with E-state index < -0.39 is 4.92 Å². The predicted molar refractivity (Wildman–Crippen MR) is 65.0 cm³/mol. The highest BCUT2D eigenvalue weighted by atomic mass is 16.6. The zero-order valence-electron chi connectivity index (χ0n) is 10.5. The first kappa shape index (κ1) is 14.0. The molecule has 0 radical (unpaired) electrons. The summed E-state index contributed by atoms with van der Waals surface area (Å²) in [7, 11) is 1.42. The lowest BCUT2D eigenvalue weighted by Crippen LogP contribution is -2.17. The van der Waals surface area contributed by atoms with Crippen LogP contribution >= 0.6 is 0 Å². The lowest BCUT2D eigenvalue weighted by Gasteiger charge is -2.08. The van der Waals surface area contributed by atoms with Gasteiger partial charge in [0.15, 0.2) is 11.5 Å². The second-order valence-electron chi connectivity index (χ2n) is 4.00. The number of ether oxygens (including phenoxy) is 2. The van der Waals surface area contributed by atoms with Crippen molar-refractivity contribution >= 4 is 11.5 Å². The molecule has 0 amide bonds. The number of Topliss-reactive ketones (excluding diaryl/α,β-unsaturated/α-hetero) is 1. The Morgan fingerprint density at radius 2 is 2.11 bits per heavy atom. The van der Waals surface area contributed by atoms with Gasteiger partial charge in [0.25, 0.3) is 0 Å². The third kappa shape index (κ3) is 3.44. The van der Waals surface area contributed by atoms with Gasteiger partial charge in [-0.2, -0.15) is 0 Å². The maximum absolute atomic E-state index is 11.4. The molecule has 0 heterocycles. The number of hydrogen-bond acceptors (Lipinski definition) is 5. The van der Waals surface area contributed by atoms with E-state index in [0.29, 0.717) is 5.75 Å². The van der Waals surface area contributed by atoms with Gasteiger partial charge in [-0.1, -0.05) is 13.8 Å². The normalized spacial score (nSPS) is 10.2. The van der Waals surface area contributed by atoms with Crippen LogP contribution in [0.3, 0.4) is 0 Å². The number of methoxy groups -OCH3 is 1. The standard InChI is InChI=1S/C12H15NO5/c1-8(2)11(14)7-18-12-5-4-9(17-3)6-10(12)13(15)16/h4-6,8H,7H2,1-3H3. The largest absolute Gasteiger partial charge is 0.496 e. The van der Waals surface area contributed by atoms with Crippen LogP contribution in [-0.2, 0) is 4.79 Å². The van der Waals surface area contributed by atoms with Gasteiger partial charge in [0.1, 0.15) is 12.4 Å². The monoisotopic (exact) mass is 253 g/mol. The van der Waals surface area contributed by atoms with Crippen molar-refractivity contribution in [2.75, 3.05) is 13.7 Å². The Balaban J connectivity index is 2.88. The van der Waals surface area contributed by atoms with Crippen LogP contribution in [-0.4, -0.2) is 24.4 Å². The highest BCUT2D eigenvalue weighted by molar-refractivity contribution is 5.81. The fourth-order valence-electron chi connectivity index (χ4n) is 1.20. The first-order valence-electron chi connectivity index (χ1n) is 5.43. The molecule has 0 aromatic heterocycles. The van der Waals surface area contributed by atoms with Gasteiger partial charge >= 0.3 is 5.69 Å². The van der Waals surface area contributed by atoms with Crippen molar-refractivity contribution in [3.05, 3.63) is 28.3 Å². The number of ketones is 1. The molecule has 6 heteroatoms. The fourth-order valence-corrected chi connectivity index (χ4v) is 1.20. The summed E-state index contributed by atoms with van der Waals surface area (Å²) in [6.45, 7) is 3.31. The number of nitro groups is 1. The quantitative estimate of drug-likeness (QED) is 0.573. The van der Waals surface area contributed by atoms with Gasteiger partial charge in [0.05, 0.1) is 18.1 Å². The molecule has 0 aliphatic heterocycles. The van der Waals surface area contributed by atoms with Crippen LogP contribution in [0.5, 0.6) is 11.5 Å². The summed E-state index contributed by atoms with van der Waals surface area (Å²) in [6, 6.07) is 4.22. The first-order chi connectivity index (χ1) is 8.45. The molecule has 0 saturated carbocycles. The molecule has 0 saturated heterocycles. The first-order valence-corrected chi connectivity index (χ1v) is 5.43. The average molecular weight is 253 g/mol. The van der Waals surface area contributed by atoms with Crippen molar-refractivity contribution in [2.24, 2.45) is 5.92 Å². The molecule has 1 aromatic carbocycles. The third-order valence-electron chi connectivity index (χ3n) is 2.38. The molecule has 0 atom stereocenters. The van der Waals surface area contributed by atoms with Gasteiger partial charge < -0.3 is 9.47 Å². The smallest absolute Gasteiger partial charge is 0.314 e. The van der Waals surface area contributed by atoms with Crippen LogP contribution in [0.1, 0.15) is 13.8 Å². The van der Waals surface area contributed by atoms with Crippen molar-refractivity contribution < 1.29 is 19.2 Å². The van der Waals surface area contributed by atoms with Gasteiger partial charge in [-0.3, -0.25) is 14.9 Å². The number of carbonyl (C=O) groups excluding carboxylic acids is 1. The van der Waals surface area contributed by atoms with E-state index in [9.17, 15) is 14.9 Å². The predicted octanol–water partition coefficient (Wildman–Crippen LogP) is 2.21. The Labute approximate surface area is 105 Å². The van der Waals surface area contributed by atoms with E-state index in [1.54, 1.807) is 19.9 Å². The summed E-state index contributed by atoms with van der Waals surface area (Å²) in [4.78, 5) is 21.7. The van der Waals surface area contributed by atoms with E-state index in [1.807, 2.05) is 0 Å². The summed E-state index contributed by atoms with van der Waals surface area (Å²) in [6.07, 6.45) is 0. The second kappa shape index (κ2) is 6.00. The Morgan fingerprint density at radius 1 is 1.44 bits per heavy atom. The molecule has 0 spiro atoms. The molecule has 0 bridgehead atoms. The van der Waals surface area contributed by atoms with Crippen LogP contribution in [0.2, 0.25) is 0 Å². The molecular formula is C12H15NO5. The Hall–Kier alpha value is -2.11. The number of rotatable bonds is 6.